The average molecular weight is 918 g/mol. The van der Waals surface area contributed by atoms with E-state index >= 15 is 0 Å². The van der Waals surface area contributed by atoms with E-state index in [1.165, 1.54) is 118 Å². The van der Waals surface area contributed by atoms with E-state index in [-0.39, 0.29) is 39.3 Å². The van der Waals surface area contributed by atoms with E-state index in [1.54, 1.807) is 0 Å². The number of fused-ring (bicyclic) bond motifs is 10. The third-order valence-corrected chi connectivity index (χ3v) is 18.4. The standard InChI is InChI=1S/C66H72BN3/c1-41-34-42(2)60-52(35-41)65(13)31-30-43-20-18-19-23-49(43)66(65,14)70(60)48-37-57-59-58(38-48)69(46-21-16-15-17-22-46)56-40-51-50(63(9,10)32-33-64(51,11)12)39-54(56)67(59)53-36-45(62(6,7)8)26-29-55(53)68(57)47-27-24-44(25-28-47)61(3,4)5/h15-29,34-40H,30-33H2,1-14H3. The molecule has 354 valence electrons. The summed E-state index contributed by atoms with van der Waals surface area (Å²) in [6, 6.07) is 53.1. The van der Waals surface area contributed by atoms with Crippen LogP contribution in [0.15, 0.2) is 133 Å². The van der Waals surface area contributed by atoms with Gasteiger partial charge in [-0.25, -0.2) is 0 Å². The van der Waals surface area contributed by atoms with Gasteiger partial charge in [0, 0.05) is 50.9 Å². The van der Waals surface area contributed by atoms with E-state index in [9.17, 15) is 0 Å². The predicted molar refractivity (Wildman–Crippen MR) is 301 cm³/mol. The van der Waals surface area contributed by atoms with E-state index in [1.807, 2.05) is 0 Å². The summed E-state index contributed by atoms with van der Waals surface area (Å²) in [7, 11) is 0. The highest BCUT2D eigenvalue weighted by Crippen LogP contribution is 2.65. The molecule has 12 rings (SSSR count). The van der Waals surface area contributed by atoms with Gasteiger partial charge in [-0.3, -0.25) is 0 Å². The van der Waals surface area contributed by atoms with Gasteiger partial charge in [-0.1, -0.05) is 167 Å². The predicted octanol–water partition coefficient (Wildman–Crippen LogP) is 15.6. The number of benzene rings is 7. The van der Waals surface area contributed by atoms with Crippen molar-refractivity contribution in [1.29, 1.82) is 0 Å². The van der Waals surface area contributed by atoms with E-state index in [4.69, 9.17) is 0 Å². The molecule has 2 unspecified atom stereocenters. The van der Waals surface area contributed by atoms with Crippen LogP contribution in [0.25, 0.3) is 0 Å². The van der Waals surface area contributed by atoms with Gasteiger partial charge in [-0.05, 0) is 178 Å². The molecule has 3 aliphatic heterocycles. The quantitative estimate of drug-likeness (QED) is 0.164. The second kappa shape index (κ2) is 14.8. The summed E-state index contributed by atoms with van der Waals surface area (Å²) in [5, 5.41) is 0. The molecule has 2 aliphatic carbocycles. The van der Waals surface area contributed by atoms with Crippen LogP contribution in [-0.4, -0.2) is 6.71 Å². The van der Waals surface area contributed by atoms with Gasteiger partial charge in [0.1, 0.15) is 0 Å². The zero-order valence-electron chi connectivity index (χ0n) is 44.4. The third-order valence-electron chi connectivity index (χ3n) is 18.4. The molecule has 0 fully saturated rings. The van der Waals surface area contributed by atoms with Gasteiger partial charge in [0.05, 0.1) is 5.54 Å². The van der Waals surface area contributed by atoms with Crippen molar-refractivity contribution in [2.24, 2.45) is 0 Å². The fourth-order valence-corrected chi connectivity index (χ4v) is 14.1. The minimum atomic E-state index is -0.366. The minimum absolute atomic E-state index is 0.00839. The molecule has 7 aromatic carbocycles. The maximum atomic E-state index is 2.82. The van der Waals surface area contributed by atoms with Gasteiger partial charge in [0.2, 0.25) is 0 Å². The molecule has 7 aromatic rings. The highest BCUT2D eigenvalue weighted by atomic mass is 15.3. The molecule has 2 atom stereocenters. The molecule has 5 aliphatic rings. The number of rotatable bonds is 3. The van der Waals surface area contributed by atoms with Crippen LogP contribution in [0.4, 0.5) is 45.5 Å². The lowest BCUT2D eigenvalue weighted by atomic mass is 9.33. The van der Waals surface area contributed by atoms with Crippen molar-refractivity contribution in [2.75, 3.05) is 14.7 Å². The molecule has 0 radical (unpaired) electrons. The summed E-state index contributed by atoms with van der Waals surface area (Å²) < 4.78 is 0. The van der Waals surface area contributed by atoms with Gasteiger partial charge < -0.3 is 14.7 Å². The Balaban J connectivity index is 1.24. The first-order valence-electron chi connectivity index (χ1n) is 26.3. The number of hydrogen-bond donors (Lipinski definition) is 0. The van der Waals surface area contributed by atoms with E-state index in [0.29, 0.717) is 0 Å². The zero-order valence-corrected chi connectivity index (χ0v) is 44.4. The fourth-order valence-electron chi connectivity index (χ4n) is 14.1. The van der Waals surface area contributed by atoms with Crippen LogP contribution < -0.4 is 31.1 Å². The van der Waals surface area contributed by atoms with Crippen LogP contribution in [0.1, 0.15) is 152 Å². The Morgan fingerprint density at radius 2 is 1.04 bits per heavy atom. The Labute approximate surface area is 420 Å². The second-order valence-corrected chi connectivity index (χ2v) is 25.8. The van der Waals surface area contributed by atoms with Crippen molar-refractivity contribution in [3.8, 4) is 0 Å². The molecule has 0 N–H and O–H groups in total. The van der Waals surface area contributed by atoms with E-state index in [2.05, 4.69) is 245 Å². The number of para-hydroxylation sites is 1. The Bertz CT molecular complexity index is 3310. The van der Waals surface area contributed by atoms with Gasteiger partial charge in [0.15, 0.2) is 0 Å². The van der Waals surface area contributed by atoms with Gasteiger partial charge in [0.25, 0.3) is 6.71 Å². The summed E-state index contributed by atoms with van der Waals surface area (Å²) in [6.45, 7) is 33.8. The second-order valence-electron chi connectivity index (χ2n) is 25.8. The maximum absolute atomic E-state index is 2.82. The summed E-state index contributed by atoms with van der Waals surface area (Å²) in [6.07, 6.45) is 4.49. The van der Waals surface area contributed by atoms with Crippen LogP contribution in [-0.2, 0) is 39.0 Å². The summed E-state index contributed by atoms with van der Waals surface area (Å²) in [5.74, 6) is 0. The molecule has 4 heteroatoms. The number of anilines is 8. The largest absolute Gasteiger partial charge is 0.330 e. The number of nitrogens with zero attached hydrogens (tertiary/aromatic N) is 3. The SMILES string of the molecule is Cc1cc(C)c2c(c1)C1(C)CCc3ccccc3C1(C)N2c1cc2c3c(c1)N(c1ccccc1)c1cc4c(cc1B3c1cc(C(C)(C)C)ccc1N2c1ccc(C(C)(C)C)cc1)C(C)(C)CCC4(C)C. The molecule has 70 heavy (non-hydrogen) atoms. The lowest BCUT2D eigenvalue weighted by Crippen LogP contribution is -2.62. The molecular formula is C66H72BN3. The fraction of sp³-hybridized carbons (Fsp3) is 0.364. The summed E-state index contributed by atoms with van der Waals surface area (Å²) >= 11 is 0. The number of hydrogen-bond acceptors (Lipinski definition) is 3. The van der Waals surface area contributed by atoms with Crippen LogP contribution >= 0.6 is 0 Å². The van der Waals surface area contributed by atoms with Crippen LogP contribution in [0.5, 0.6) is 0 Å². The van der Waals surface area contributed by atoms with Crippen molar-refractivity contribution >= 4 is 68.6 Å². The maximum Gasteiger partial charge on any atom is 0.252 e. The van der Waals surface area contributed by atoms with Gasteiger partial charge >= 0.3 is 0 Å². The summed E-state index contributed by atoms with van der Waals surface area (Å²) in [5.41, 5.74) is 26.6. The van der Waals surface area contributed by atoms with Crippen molar-refractivity contribution in [3.05, 3.63) is 184 Å². The number of aryl methyl sites for hydroxylation is 3. The van der Waals surface area contributed by atoms with E-state index < -0.39 is 0 Å². The highest BCUT2D eigenvalue weighted by Gasteiger charge is 2.61. The molecule has 0 saturated carbocycles. The van der Waals surface area contributed by atoms with Gasteiger partial charge in [-0.2, -0.15) is 0 Å². The summed E-state index contributed by atoms with van der Waals surface area (Å²) in [4.78, 5) is 8.13. The van der Waals surface area contributed by atoms with Crippen LogP contribution in [0.3, 0.4) is 0 Å². The molecule has 3 nitrogen and oxygen atoms in total. The zero-order chi connectivity index (χ0) is 49.2. The first-order valence-corrected chi connectivity index (χ1v) is 26.3. The van der Waals surface area contributed by atoms with Crippen molar-refractivity contribution < 1.29 is 0 Å². The lowest BCUT2D eigenvalue weighted by molar-refractivity contribution is 0.245. The molecular weight excluding hydrogens is 846 g/mol. The Morgan fingerprint density at radius 1 is 0.471 bits per heavy atom. The molecule has 3 heterocycles. The topological polar surface area (TPSA) is 9.72 Å². The molecule has 0 bridgehead atoms. The van der Waals surface area contributed by atoms with Crippen LogP contribution in [0, 0.1) is 13.8 Å². The molecule has 0 amide bonds. The monoisotopic (exact) mass is 918 g/mol. The Kier molecular flexibility index (Phi) is 9.54. The lowest BCUT2D eigenvalue weighted by Gasteiger charge is -2.52. The first kappa shape index (κ1) is 45.2. The van der Waals surface area contributed by atoms with Crippen molar-refractivity contribution in [2.45, 2.75) is 155 Å². The van der Waals surface area contributed by atoms with E-state index in [0.717, 1.165) is 19.3 Å². The Morgan fingerprint density at radius 3 is 1.70 bits per heavy atom. The average Bonchev–Trinajstić information content (AvgIpc) is 3.53. The molecule has 0 aromatic heterocycles. The first-order chi connectivity index (χ1) is 33.0. The van der Waals surface area contributed by atoms with Crippen molar-refractivity contribution in [3.63, 3.8) is 0 Å². The minimum Gasteiger partial charge on any atom is -0.330 e. The molecule has 0 saturated heterocycles. The molecule has 0 spiro atoms. The Hall–Kier alpha value is -6.00. The third kappa shape index (κ3) is 6.26. The highest BCUT2D eigenvalue weighted by molar-refractivity contribution is 7.00. The van der Waals surface area contributed by atoms with Crippen molar-refractivity contribution in [1.82, 2.24) is 0 Å². The van der Waals surface area contributed by atoms with Gasteiger partial charge in [-0.15, -0.1) is 0 Å². The smallest absolute Gasteiger partial charge is 0.252 e. The van der Waals surface area contributed by atoms with Crippen LogP contribution in [0.2, 0.25) is 0 Å². The normalized spacial score (nSPS) is 21.3.